The summed E-state index contributed by atoms with van der Waals surface area (Å²) in [5.41, 5.74) is -0.654. The van der Waals surface area contributed by atoms with Gasteiger partial charge in [-0.25, -0.2) is 4.79 Å². The normalized spacial score (nSPS) is 26.8. The van der Waals surface area contributed by atoms with Crippen molar-refractivity contribution in [2.45, 2.75) is 26.4 Å². The molecular weight excluding hydrogens is 222 g/mol. The fraction of sp³-hybridized carbons (Fsp3) is 0.833. The number of hydrogen-bond acceptors (Lipinski definition) is 4. The van der Waals surface area contributed by atoms with Crippen LogP contribution in [0.5, 0.6) is 0 Å². The number of amides is 1. The largest absolute Gasteiger partial charge is 0.444 e. The van der Waals surface area contributed by atoms with Gasteiger partial charge in [0.25, 0.3) is 0 Å². The number of hydrogen-bond donors (Lipinski definition) is 0. The van der Waals surface area contributed by atoms with E-state index in [4.69, 9.17) is 9.47 Å². The molecule has 1 unspecified atom stereocenters. The van der Waals surface area contributed by atoms with E-state index < -0.39 is 5.60 Å². The molecule has 0 aromatic heterocycles. The number of aldehydes is 1. The average molecular weight is 241 g/mol. The lowest BCUT2D eigenvalue weighted by molar-refractivity contribution is -0.140. The quantitative estimate of drug-likeness (QED) is 0.644. The Bertz CT molecular complexity index is 330. The molecule has 5 heteroatoms. The third-order valence-corrected chi connectivity index (χ3v) is 3.30. The number of carbonyl (C=O) groups excluding carboxylic acids is 2. The molecule has 17 heavy (non-hydrogen) atoms. The zero-order valence-corrected chi connectivity index (χ0v) is 10.6. The molecule has 0 aromatic rings. The first-order valence-corrected chi connectivity index (χ1v) is 5.87. The van der Waals surface area contributed by atoms with Gasteiger partial charge in [0.1, 0.15) is 11.9 Å². The number of carbonyl (C=O) groups is 2. The standard InChI is InChI=1S/C12H19NO4/c1-11(2,3)17-10(15)13-4-9(5-14)12(6-13)7-16-8-12/h5,9H,4,6-8H2,1-3H3. The number of nitrogens with zero attached hydrogens (tertiary/aromatic N) is 1. The maximum atomic E-state index is 11.9. The molecule has 2 fully saturated rings. The number of rotatable bonds is 1. The molecule has 5 nitrogen and oxygen atoms in total. The van der Waals surface area contributed by atoms with Gasteiger partial charge in [-0.2, -0.15) is 0 Å². The van der Waals surface area contributed by atoms with Gasteiger partial charge in [-0.1, -0.05) is 0 Å². The lowest BCUT2D eigenvalue weighted by Crippen LogP contribution is -2.49. The molecule has 0 N–H and O–H groups in total. The van der Waals surface area contributed by atoms with E-state index in [9.17, 15) is 9.59 Å². The molecule has 2 aliphatic rings. The SMILES string of the molecule is CC(C)(C)OC(=O)N1CC(C=O)C2(COC2)C1. The molecule has 0 aliphatic carbocycles. The smallest absolute Gasteiger partial charge is 0.410 e. The Labute approximate surface area is 101 Å². The predicted octanol–water partition coefficient (Wildman–Crippen LogP) is 1.07. The van der Waals surface area contributed by atoms with E-state index in [-0.39, 0.29) is 17.4 Å². The van der Waals surface area contributed by atoms with Crippen molar-refractivity contribution >= 4 is 12.4 Å². The van der Waals surface area contributed by atoms with Crippen LogP contribution in [0, 0.1) is 11.3 Å². The van der Waals surface area contributed by atoms with Crippen LogP contribution in [0.25, 0.3) is 0 Å². The van der Waals surface area contributed by atoms with Crippen molar-refractivity contribution in [1.29, 1.82) is 0 Å². The Morgan fingerprint density at radius 1 is 1.47 bits per heavy atom. The van der Waals surface area contributed by atoms with Crippen LogP contribution in [0.1, 0.15) is 20.8 Å². The highest BCUT2D eigenvalue weighted by molar-refractivity contribution is 5.70. The minimum atomic E-state index is -0.500. The second kappa shape index (κ2) is 3.98. The van der Waals surface area contributed by atoms with E-state index in [1.165, 1.54) is 0 Å². The first-order chi connectivity index (χ1) is 7.86. The van der Waals surface area contributed by atoms with Crippen LogP contribution in [0.2, 0.25) is 0 Å². The summed E-state index contributed by atoms with van der Waals surface area (Å²) in [7, 11) is 0. The topological polar surface area (TPSA) is 55.8 Å². The van der Waals surface area contributed by atoms with Crippen molar-refractivity contribution in [3.8, 4) is 0 Å². The van der Waals surface area contributed by atoms with Crippen LogP contribution < -0.4 is 0 Å². The monoisotopic (exact) mass is 241 g/mol. The van der Waals surface area contributed by atoms with Crippen molar-refractivity contribution in [3.05, 3.63) is 0 Å². The maximum Gasteiger partial charge on any atom is 0.410 e. The molecule has 1 amide bonds. The van der Waals surface area contributed by atoms with E-state index in [0.717, 1.165) is 6.29 Å². The fourth-order valence-corrected chi connectivity index (χ4v) is 2.32. The molecule has 96 valence electrons. The second-order valence-corrected chi connectivity index (χ2v) is 5.96. The Balaban J connectivity index is 2.01. The van der Waals surface area contributed by atoms with Crippen molar-refractivity contribution in [1.82, 2.24) is 4.90 Å². The van der Waals surface area contributed by atoms with Crippen LogP contribution in [0.3, 0.4) is 0 Å². The van der Waals surface area contributed by atoms with Crippen LogP contribution in [0.15, 0.2) is 0 Å². The van der Waals surface area contributed by atoms with Crippen molar-refractivity contribution in [2.24, 2.45) is 11.3 Å². The summed E-state index contributed by atoms with van der Waals surface area (Å²) >= 11 is 0. The zero-order chi connectivity index (χ0) is 12.7. The summed E-state index contributed by atoms with van der Waals surface area (Å²) in [6.07, 6.45) is 0.598. The summed E-state index contributed by atoms with van der Waals surface area (Å²) < 4.78 is 10.5. The second-order valence-electron chi connectivity index (χ2n) is 5.96. The molecule has 1 atom stereocenters. The molecule has 2 heterocycles. The van der Waals surface area contributed by atoms with Crippen LogP contribution in [-0.2, 0) is 14.3 Å². The van der Waals surface area contributed by atoms with Gasteiger partial charge in [0.15, 0.2) is 0 Å². The van der Waals surface area contributed by atoms with Gasteiger partial charge in [0.2, 0.25) is 0 Å². The van der Waals surface area contributed by atoms with Crippen molar-refractivity contribution in [3.63, 3.8) is 0 Å². The highest BCUT2D eigenvalue weighted by Crippen LogP contribution is 2.41. The molecule has 2 saturated heterocycles. The van der Waals surface area contributed by atoms with Gasteiger partial charge in [-0.3, -0.25) is 0 Å². The minimum absolute atomic E-state index is 0.122. The van der Waals surface area contributed by atoms with Crippen molar-refractivity contribution < 1.29 is 19.1 Å². The molecular formula is C12H19NO4. The van der Waals surface area contributed by atoms with Crippen molar-refractivity contribution in [2.75, 3.05) is 26.3 Å². The van der Waals surface area contributed by atoms with E-state index >= 15 is 0 Å². The van der Waals surface area contributed by atoms with Gasteiger partial charge in [0, 0.05) is 24.4 Å². The minimum Gasteiger partial charge on any atom is -0.444 e. The highest BCUT2D eigenvalue weighted by atomic mass is 16.6. The lowest BCUT2D eigenvalue weighted by atomic mass is 9.77. The zero-order valence-electron chi connectivity index (χ0n) is 10.6. The number of likely N-dealkylation sites (tertiary alicyclic amines) is 1. The molecule has 0 aromatic carbocycles. The highest BCUT2D eigenvalue weighted by Gasteiger charge is 2.53. The van der Waals surface area contributed by atoms with E-state index in [1.54, 1.807) is 4.90 Å². The van der Waals surface area contributed by atoms with E-state index in [1.807, 2.05) is 20.8 Å². The summed E-state index contributed by atoms with van der Waals surface area (Å²) in [6, 6.07) is 0. The summed E-state index contributed by atoms with van der Waals surface area (Å²) in [4.78, 5) is 24.5. The Kier molecular flexibility index (Phi) is 2.89. The van der Waals surface area contributed by atoms with Crippen LogP contribution in [-0.4, -0.2) is 49.2 Å². The third kappa shape index (κ3) is 2.29. The maximum absolute atomic E-state index is 11.9. The predicted molar refractivity (Wildman–Crippen MR) is 60.6 cm³/mol. The van der Waals surface area contributed by atoms with Gasteiger partial charge in [0.05, 0.1) is 13.2 Å². The van der Waals surface area contributed by atoms with Gasteiger partial charge >= 0.3 is 6.09 Å². The average Bonchev–Trinajstić information content (AvgIpc) is 2.53. The molecule has 2 rings (SSSR count). The molecule has 1 spiro atoms. The fourth-order valence-electron chi connectivity index (χ4n) is 2.32. The Morgan fingerprint density at radius 3 is 2.47 bits per heavy atom. The van der Waals surface area contributed by atoms with E-state index in [0.29, 0.717) is 26.3 Å². The Morgan fingerprint density at radius 2 is 2.12 bits per heavy atom. The Hall–Kier alpha value is -1.10. The van der Waals surface area contributed by atoms with E-state index in [2.05, 4.69) is 0 Å². The molecule has 2 aliphatic heterocycles. The van der Waals surface area contributed by atoms with Crippen LogP contribution in [0.4, 0.5) is 4.79 Å². The number of ether oxygens (including phenoxy) is 2. The van der Waals surface area contributed by atoms with Gasteiger partial charge in [-0.15, -0.1) is 0 Å². The molecule has 0 saturated carbocycles. The summed E-state index contributed by atoms with van der Waals surface area (Å²) in [5.74, 6) is -0.122. The summed E-state index contributed by atoms with van der Waals surface area (Å²) in [5, 5.41) is 0. The summed E-state index contributed by atoms with van der Waals surface area (Å²) in [6.45, 7) is 7.64. The third-order valence-electron chi connectivity index (χ3n) is 3.30. The van der Waals surface area contributed by atoms with Crippen LogP contribution >= 0.6 is 0 Å². The van der Waals surface area contributed by atoms with Gasteiger partial charge < -0.3 is 19.2 Å². The lowest BCUT2D eigenvalue weighted by Gasteiger charge is -2.40. The van der Waals surface area contributed by atoms with Gasteiger partial charge in [-0.05, 0) is 20.8 Å². The molecule has 0 bridgehead atoms. The first-order valence-electron chi connectivity index (χ1n) is 5.87. The molecule has 0 radical (unpaired) electrons. The first kappa shape index (κ1) is 12.4.